The number of hydrogen-bond acceptors (Lipinski definition) is 4. The van der Waals surface area contributed by atoms with Gasteiger partial charge >= 0.3 is 0 Å². The summed E-state index contributed by atoms with van der Waals surface area (Å²) >= 11 is 6.13. The number of para-hydroxylation sites is 1. The number of morpholine rings is 1. The van der Waals surface area contributed by atoms with Crippen molar-refractivity contribution in [2.24, 2.45) is 0 Å². The first-order valence-corrected chi connectivity index (χ1v) is 9.16. The molecule has 0 bridgehead atoms. The van der Waals surface area contributed by atoms with Gasteiger partial charge < -0.3 is 14.8 Å². The van der Waals surface area contributed by atoms with E-state index in [0.717, 1.165) is 45.1 Å². The highest BCUT2D eigenvalue weighted by atomic mass is 35.5. The number of hydrogen-bond donors (Lipinski definition) is 1. The molecule has 0 amide bonds. The summed E-state index contributed by atoms with van der Waals surface area (Å²) in [6, 6.07) is 18.4. The third-order valence-electron chi connectivity index (χ3n) is 4.33. The molecule has 134 valence electrons. The molecule has 1 aliphatic rings. The van der Waals surface area contributed by atoms with E-state index < -0.39 is 0 Å². The van der Waals surface area contributed by atoms with E-state index in [-0.39, 0.29) is 6.04 Å². The fraction of sp³-hybridized carbons (Fsp3) is 0.400. The van der Waals surface area contributed by atoms with Crippen LogP contribution >= 0.6 is 11.6 Å². The Morgan fingerprint density at radius 1 is 1.04 bits per heavy atom. The van der Waals surface area contributed by atoms with Crippen molar-refractivity contribution in [3.05, 3.63) is 65.2 Å². The van der Waals surface area contributed by atoms with Crippen LogP contribution in [0, 0.1) is 0 Å². The summed E-state index contributed by atoms with van der Waals surface area (Å²) < 4.78 is 11.2. The minimum Gasteiger partial charge on any atom is -0.491 e. The number of nitrogens with one attached hydrogen (secondary N) is 1. The highest BCUT2D eigenvalue weighted by Crippen LogP contribution is 2.23. The quantitative estimate of drug-likeness (QED) is 0.732. The van der Waals surface area contributed by atoms with E-state index in [2.05, 4.69) is 40.5 Å². The molecule has 1 aliphatic heterocycles. The van der Waals surface area contributed by atoms with Gasteiger partial charge in [-0.05, 0) is 17.7 Å². The monoisotopic (exact) mass is 360 g/mol. The fourth-order valence-corrected chi connectivity index (χ4v) is 3.16. The van der Waals surface area contributed by atoms with Gasteiger partial charge in [0.25, 0.3) is 0 Å². The first-order valence-electron chi connectivity index (χ1n) is 8.79. The van der Waals surface area contributed by atoms with E-state index in [1.165, 1.54) is 5.56 Å². The second kappa shape index (κ2) is 9.78. The van der Waals surface area contributed by atoms with Gasteiger partial charge in [0.1, 0.15) is 12.4 Å². The Kier molecular flexibility index (Phi) is 7.12. The predicted octanol–water partition coefficient (Wildman–Crippen LogP) is 3.38. The largest absolute Gasteiger partial charge is 0.491 e. The van der Waals surface area contributed by atoms with Crippen LogP contribution in [0.1, 0.15) is 11.6 Å². The van der Waals surface area contributed by atoms with E-state index in [1.54, 1.807) is 0 Å². The molecule has 2 aromatic carbocycles. The molecule has 1 unspecified atom stereocenters. The molecule has 2 aromatic rings. The van der Waals surface area contributed by atoms with Gasteiger partial charge in [0.05, 0.1) is 18.2 Å². The Labute approximate surface area is 154 Å². The molecule has 5 heteroatoms. The van der Waals surface area contributed by atoms with Crippen LogP contribution in [0.4, 0.5) is 0 Å². The molecule has 1 fully saturated rings. The van der Waals surface area contributed by atoms with Gasteiger partial charge in [0.15, 0.2) is 0 Å². The Hall–Kier alpha value is -1.59. The smallest absolute Gasteiger partial charge is 0.137 e. The van der Waals surface area contributed by atoms with Crippen molar-refractivity contribution in [1.82, 2.24) is 10.2 Å². The standard InChI is InChI=1S/C20H25ClN2O2/c21-18-8-4-5-9-20(18)25-13-10-22-19(17-6-2-1-3-7-17)16-23-11-14-24-15-12-23/h1-9,19,22H,10-16H2. The number of halogens is 1. The number of rotatable bonds is 8. The summed E-state index contributed by atoms with van der Waals surface area (Å²) in [6.07, 6.45) is 0. The van der Waals surface area contributed by atoms with E-state index in [0.29, 0.717) is 11.6 Å². The predicted molar refractivity (Wildman–Crippen MR) is 101 cm³/mol. The second-order valence-corrected chi connectivity index (χ2v) is 6.52. The average molecular weight is 361 g/mol. The van der Waals surface area contributed by atoms with E-state index in [9.17, 15) is 0 Å². The maximum absolute atomic E-state index is 6.13. The zero-order valence-electron chi connectivity index (χ0n) is 14.4. The highest BCUT2D eigenvalue weighted by molar-refractivity contribution is 6.32. The Morgan fingerprint density at radius 3 is 2.52 bits per heavy atom. The van der Waals surface area contributed by atoms with Crippen LogP contribution in [0.5, 0.6) is 5.75 Å². The molecule has 0 radical (unpaired) electrons. The van der Waals surface area contributed by atoms with Crippen molar-refractivity contribution in [2.75, 3.05) is 46.0 Å². The first kappa shape index (κ1) is 18.2. The average Bonchev–Trinajstić information content (AvgIpc) is 2.67. The van der Waals surface area contributed by atoms with Crippen molar-refractivity contribution in [2.45, 2.75) is 6.04 Å². The molecule has 0 aromatic heterocycles. The maximum Gasteiger partial charge on any atom is 0.137 e. The van der Waals surface area contributed by atoms with Gasteiger partial charge in [-0.15, -0.1) is 0 Å². The molecule has 3 rings (SSSR count). The van der Waals surface area contributed by atoms with Crippen molar-refractivity contribution >= 4 is 11.6 Å². The molecular formula is C20H25ClN2O2. The highest BCUT2D eigenvalue weighted by Gasteiger charge is 2.17. The lowest BCUT2D eigenvalue weighted by Crippen LogP contribution is -2.42. The lowest BCUT2D eigenvalue weighted by molar-refractivity contribution is 0.0332. The van der Waals surface area contributed by atoms with Crippen molar-refractivity contribution in [3.63, 3.8) is 0 Å². The molecule has 1 N–H and O–H groups in total. The van der Waals surface area contributed by atoms with Gasteiger partial charge in [0.2, 0.25) is 0 Å². The molecule has 0 spiro atoms. The first-order chi connectivity index (χ1) is 12.3. The fourth-order valence-electron chi connectivity index (χ4n) is 2.97. The van der Waals surface area contributed by atoms with Crippen LogP contribution in [-0.4, -0.2) is 50.9 Å². The molecule has 0 saturated carbocycles. The zero-order valence-corrected chi connectivity index (χ0v) is 15.1. The normalized spacial score (nSPS) is 16.5. The Bertz CT molecular complexity index is 633. The van der Waals surface area contributed by atoms with Crippen LogP contribution in [-0.2, 0) is 4.74 Å². The van der Waals surface area contributed by atoms with Gasteiger partial charge in [-0.25, -0.2) is 0 Å². The number of nitrogens with zero attached hydrogens (tertiary/aromatic N) is 1. The molecule has 0 aliphatic carbocycles. The molecule has 1 saturated heterocycles. The topological polar surface area (TPSA) is 33.7 Å². The Balaban J connectivity index is 1.53. The van der Waals surface area contributed by atoms with Crippen LogP contribution in [0.15, 0.2) is 54.6 Å². The minimum atomic E-state index is 0.272. The summed E-state index contributed by atoms with van der Waals surface area (Å²) in [6.45, 7) is 5.92. The third-order valence-corrected chi connectivity index (χ3v) is 4.65. The maximum atomic E-state index is 6.13. The van der Waals surface area contributed by atoms with Gasteiger partial charge in [-0.3, -0.25) is 4.90 Å². The summed E-state index contributed by atoms with van der Waals surface area (Å²) in [7, 11) is 0. The zero-order chi connectivity index (χ0) is 17.3. The second-order valence-electron chi connectivity index (χ2n) is 6.11. The van der Waals surface area contributed by atoms with E-state index in [4.69, 9.17) is 21.1 Å². The SMILES string of the molecule is Clc1ccccc1OCCNC(CN1CCOCC1)c1ccccc1. The molecular weight excluding hydrogens is 336 g/mol. The van der Waals surface area contributed by atoms with E-state index in [1.807, 2.05) is 24.3 Å². The summed E-state index contributed by atoms with van der Waals surface area (Å²) in [5.41, 5.74) is 1.30. The molecule has 1 heterocycles. The lowest BCUT2D eigenvalue weighted by atomic mass is 10.1. The Morgan fingerprint density at radius 2 is 1.76 bits per heavy atom. The van der Waals surface area contributed by atoms with Gasteiger partial charge in [0, 0.05) is 32.2 Å². The van der Waals surface area contributed by atoms with Crippen LogP contribution in [0.25, 0.3) is 0 Å². The number of ether oxygens (including phenoxy) is 2. The number of benzene rings is 2. The van der Waals surface area contributed by atoms with Crippen LogP contribution < -0.4 is 10.1 Å². The molecule has 4 nitrogen and oxygen atoms in total. The summed E-state index contributed by atoms with van der Waals surface area (Å²) in [4.78, 5) is 2.45. The van der Waals surface area contributed by atoms with Crippen molar-refractivity contribution < 1.29 is 9.47 Å². The van der Waals surface area contributed by atoms with Crippen molar-refractivity contribution in [1.29, 1.82) is 0 Å². The summed E-state index contributed by atoms with van der Waals surface area (Å²) in [5.74, 6) is 0.732. The van der Waals surface area contributed by atoms with E-state index >= 15 is 0 Å². The van der Waals surface area contributed by atoms with Crippen molar-refractivity contribution in [3.8, 4) is 5.75 Å². The summed E-state index contributed by atoms with van der Waals surface area (Å²) in [5, 5.41) is 4.27. The lowest BCUT2D eigenvalue weighted by Gasteiger charge is -2.31. The van der Waals surface area contributed by atoms with Gasteiger partial charge in [-0.2, -0.15) is 0 Å². The third kappa shape index (κ3) is 5.72. The van der Waals surface area contributed by atoms with Gasteiger partial charge in [-0.1, -0.05) is 54.1 Å². The minimum absolute atomic E-state index is 0.272. The van der Waals surface area contributed by atoms with Crippen LogP contribution in [0.2, 0.25) is 5.02 Å². The van der Waals surface area contributed by atoms with Crippen LogP contribution in [0.3, 0.4) is 0 Å². The molecule has 1 atom stereocenters. The molecule has 25 heavy (non-hydrogen) atoms.